The van der Waals surface area contributed by atoms with E-state index in [-0.39, 0.29) is 18.3 Å². The van der Waals surface area contributed by atoms with Gasteiger partial charge in [-0.15, -0.1) is 13.2 Å². The summed E-state index contributed by atoms with van der Waals surface area (Å²) in [6, 6.07) is 3.96. The molecule has 1 aromatic carbocycles. The number of rotatable bonds is 7. The molecule has 1 amide bonds. The lowest BCUT2D eigenvalue weighted by Crippen LogP contribution is -2.29. The number of alkyl halides is 3. The van der Waals surface area contributed by atoms with Gasteiger partial charge in [-0.1, -0.05) is 29.8 Å². The zero-order valence-corrected chi connectivity index (χ0v) is 14.1. The Kier molecular flexibility index (Phi) is 6.99. The lowest BCUT2D eigenvalue weighted by Gasteiger charge is -2.20. The van der Waals surface area contributed by atoms with E-state index in [1.54, 1.807) is 0 Å². The molecule has 0 heterocycles. The molecule has 0 aliphatic heterocycles. The van der Waals surface area contributed by atoms with Gasteiger partial charge in [0.2, 0.25) is 0 Å². The highest BCUT2D eigenvalue weighted by atomic mass is 79.9. The van der Waals surface area contributed by atoms with Gasteiger partial charge >= 0.3 is 12.5 Å². The van der Waals surface area contributed by atoms with Gasteiger partial charge in [-0.3, -0.25) is 0 Å². The minimum absolute atomic E-state index is 0.118. The summed E-state index contributed by atoms with van der Waals surface area (Å²) >= 11 is 3.06. The first-order valence-corrected chi connectivity index (χ1v) is 7.50. The molecule has 23 heavy (non-hydrogen) atoms. The summed E-state index contributed by atoms with van der Waals surface area (Å²) in [5, 5.41) is 0. The van der Waals surface area contributed by atoms with E-state index in [4.69, 9.17) is 15.2 Å². The van der Waals surface area contributed by atoms with Crippen LogP contribution in [0.3, 0.4) is 0 Å². The van der Waals surface area contributed by atoms with E-state index in [1.807, 2.05) is 13.8 Å². The molecule has 2 N–H and O–H groups in total. The first-order valence-electron chi connectivity index (χ1n) is 6.71. The molecule has 0 fully saturated rings. The predicted octanol–water partition coefficient (Wildman–Crippen LogP) is 4.24. The van der Waals surface area contributed by atoms with Crippen molar-refractivity contribution < 1.29 is 32.2 Å². The van der Waals surface area contributed by atoms with Gasteiger partial charge in [-0.2, -0.15) is 0 Å². The summed E-state index contributed by atoms with van der Waals surface area (Å²) < 4.78 is 51.8. The minimum Gasteiger partial charge on any atom is -0.486 e. The summed E-state index contributed by atoms with van der Waals surface area (Å²) in [6.07, 6.45) is -6.04. The number of halogens is 4. The van der Waals surface area contributed by atoms with Crippen LogP contribution < -0.4 is 15.2 Å². The van der Waals surface area contributed by atoms with Crippen LogP contribution in [0.4, 0.5) is 18.0 Å². The van der Waals surface area contributed by atoms with Crippen molar-refractivity contribution in [3.8, 4) is 11.5 Å². The predicted molar refractivity (Wildman–Crippen MR) is 80.2 cm³/mol. The summed E-state index contributed by atoms with van der Waals surface area (Å²) in [6.45, 7) is 3.65. The maximum atomic E-state index is 12.4. The van der Waals surface area contributed by atoms with Crippen LogP contribution >= 0.6 is 15.9 Å². The SMILES string of the molecule is CC(C)CC(COc1ccc(Br)cc1OC(F)(F)F)OC(N)=O. The molecule has 5 nitrogen and oxygen atoms in total. The normalized spacial score (nSPS) is 12.8. The Morgan fingerprint density at radius 2 is 1.96 bits per heavy atom. The van der Waals surface area contributed by atoms with E-state index in [0.29, 0.717) is 10.9 Å². The maximum absolute atomic E-state index is 12.4. The third-order valence-electron chi connectivity index (χ3n) is 2.57. The van der Waals surface area contributed by atoms with Crippen LogP contribution in [0.1, 0.15) is 20.3 Å². The molecule has 9 heteroatoms. The van der Waals surface area contributed by atoms with Crippen LogP contribution in [-0.4, -0.2) is 25.2 Å². The van der Waals surface area contributed by atoms with Crippen molar-refractivity contribution >= 4 is 22.0 Å². The van der Waals surface area contributed by atoms with Crippen LogP contribution in [0.2, 0.25) is 0 Å². The van der Waals surface area contributed by atoms with E-state index in [1.165, 1.54) is 12.1 Å². The lowest BCUT2D eigenvalue weighted by molar-refractivity contribution is -0.275. The van der Waals surface area contributed by atoms with Gasteiger partial charge in [0.05, 0.1) is 0 Å². The van der Waals surface area contributed by atoms with E-state index < -0.39 is 24.3 Å². The molecule has 1 rings (SSSR count). The molecule has 1 unspecified atom stereocenters. The number of hydrogen-bond donors (Lipinski definition) is 1. The third kappa shape index (κ3) is 7.96. The fourth-order valence-corrected chi connectivity index (χ4v) is 2.17. The summed E-state index contributed by atoms with van der Waals surface area (Å²) in [5.74, 6) is -0.430. The van der Waals surface area contributed by atoms with Gasteiger partial charge in [0.25, 0.3) is 0 Å². The molecule has 1 aromatic rings. The first-order chi connectivity index (χ1) is 10.6. The largest absolute Gasteiger partial charge is 0.573 e. The van der Waals surface area contributed by atoms with Crippen LogP contribution in [-0.2, 0) is 4.74 Å². The summed E-state index contributed by atoms with van der Waals surface area (Å²) in [7, 11) is 0. The van der Waals surface area contributed by atoms with Crippen molar-refractivity contribution in [1.82, 2.24) is 0 Å². The number of carbonyl (C=O) groups excluding carboxylic acids is 1. The van der Waals surface area contributed by atoms with Crippen molar-refractivity contribution in [2.45, 2.75) is 32.7 Å². The van der Waals surface area contributed by atoms with Crippen molar-refractivity contribution in [3.63, 3.8) is 0 Å². The number of primary amides is 1. The maximum Gasteiger partial charge on any atom is 0.573 e. The highest BCUT2D eigenvalue weighted by Crippen LogP contribution is 2.34. The molecule has 1 atom stereocenters. The zero-order chi connectivity index (χ0) is 17.6. The Balaban J connectivity index is 2.83. The highest BCUT2D eigenvalue weighted by Gasteiger charge is 2.32. The van der Waals surface area contributed by atoms with Crippen molar-refractivity contribution in [1.29, 1.82) is 0 Å². The van der Waals surface area contributed by atoms with Crippen LogP contribution in [0, 0.1) is 5.92 Å². The molecule has 0 saturated carbocycles. The average Bonchev–Trinajstić information content (AvgIpc) is 2.34. The molecular weight excluding hydrogens is 383 g/mol. The fourth-order valence-electron chi connectivity index (χ4n) is 1.83. The van der Waals surface area contributed by atoms with Crippen LogP contribution in [0.15, 0.2) is 22.7 Å². The summed E-state index contributed by atoms with van der Waals surface area (Å²) in [5.41, 5.74) is 4.97. The van der Waals surface area contributed by atoms with Gasteiger partial charge in [-0.05, 0) is 30.5 Å². The Morgan fingerprint density at radius 1 is 1.30 bits per heavy atom. The molecule has 0 aliphatic rings. The van der Waals surface area contributed by atoms with E-state index in [9.17, 15) is 18.0 Å². The lowest BCUT2D eigenvalue weighted by atomic mass is 10.1. The second kappa shape index (κ2) is 8.28. The molecule has 0 saturated heterocycles. The number of carbonyl (C=O) groups is 1. The Morgan fingerprint density at radius 3 is 2.48 bits per heavy atom. The number of hydrogen-bond acceptors (Lipinski definition) is 4. The van der Waals surface area contributed by atoms with Crippen LogP contribution in [0.5, 0.6) is 11.5 Å². The van der Waals surface area contributed by atoms with Gasteiger partial charge in [0.15, 0.2) is 11.5 Å². The Labute approximate surface area is 140 Å². The van der Waals surface area contributed by atoms with Crippen molar-refractivity contribution in [2.75, 3.05) is 6.61 Å². The molecule has 130 valence electrons. The molecular formula is C14H17BrF3NO4. The zero-order valence-electron chi connectivity index (χ0n) is 12.5. The van der Waals surface area contributed by atoms with Crippen LogP contribution in [0.25, 0.3) is 0 Å². The standard InChI is InChI=1S/C14H17BrF3NO4/c1-8(2)5-10(22-13(19)20)7-21-11-4-3-9(15)6-12(11)23-14(16,17)18/h3-4,6,8,10H,5,7H2,1-2H3,(H2,19,20). The van der Waals surface area contributed by atoms with Crippen molar-refractivity contribution in [3.05, 3.63) is 22.7 Å². The van der Waals surface area contributed by atoms with E-state index in [0.717, 1.165) is 6.07 Å². The highest BCUT2D eigenvalue weighted by molar-refractivity contribution is 9.10. The topological polar surface area (TPSA) is 70.8 Å². The Bertz CT molecular complexity index is 537. The minimum atomic E-state index is -4.85. The van der Waals surface area contributed by atoms with Gasteiger partial charge in [0, 0.05) is 4.47 Å². The number of nitrogens with two attached hydrogens (primary N) is 1. The molecule has 0 spiro atoms. The Hall–Kier alpha value is -1.64. The number of amides is 1. The molecule has 0 aromatic heterocycles. The second-order valence-corrected chi connectivity index (χ2v) is 6.05. The molecule has 0 radical (unpaired) electrons. The number of benzene rings is 1. The van der Waals surface area contributed by atoms with Crippen molar-refractivity contribution in [2.24, 2.45) is 11.7 Å². The first kappa shape index (κ1) is 19.4. The fraction of sp³-hybridized carbons (Fsp3) is 0.500. The molecule has 0 bridgehead atoms. The molecule has 0 aliphatic carbocycles. The quantitative estimate of drug-likeness (QED) is 0.744. The van der Waals surface area contributed by atoms with Gasteiger partial charge in [0.1, 0.15) is 12.7 Å². The van der Waals surface area contributed by atoms with E-state index >= 15 is 0 Å². The number of ether oxygens (including phenoxy) is 3. The van der Waals surface area contributed by atoms with Gasteiger partial charge < -0.3 is 19.9 Å². The summed E-state index contributed by atoms with van der Waals surface area (Å²) in [4.78, 5) is 10.9. The monoisotopic (exact) mass is 399 g/mol. The van der Waals surface area contributed by atoms with Gasteiger partial charge in [-0.25, -0.2) is 4.79 Å². The second-order valence-electron chi connectivity index (χ2n) is 5.14. The average molecular weight is 400 g/mol. The third-order valence-corrected chi connectivity index (χ3v) is 3.07. The smallest absolute Gasteiger partial charge is 0.486 e. The van der Waals surface area contributed by atoms with E-state index in [2.05, 4.69) is 20.7 Å².